The lowest BCUT2D eigenvalue weighted by molar-refractivity contribution is -0.139. The van der Waals surface area contributed by atoms with Crippen LogP contribution < -0.4 is 14.8 Å². The van der Waals surface area contributed by atoms with E-state index in [-0.39, 0.29) is 35.5 Å². The minimum absolute atomic E-state index is 0.0798. The third-order valence-electron chi connectivity index (χ3n) is 6.06. The smallest absolute Gasteiger partial charge is 0.417 e. The van der Waals surface area contributed by atoms with Gasteiger partial charge in [-0.25, -0.2) is 19.2 Å². The minimum Gasteiger partial charge on any atom is -0.497 e. The molecule has 0 radical (unpaired) electrons. The van der Waals surface area contributed by atoms with Crippen molar-refractivity contribution in [3.8, 4) is 11.5 Å². The van der Waals surface area contributed by atoms with E-state index in [1.165, 1.54) is 12.0 Å². The molecular weight excluding hydrogens is 564 g/mol. The Bertz CT molecular complexity index is 1430. The second-order valence-corrected chi connectivity index (χ2v) is 11.2. The van der Waals surface area contributed by atoms with Gasteiger partial charge >= 0.3 is 12.3 Å². The lowest BCUT2D eigenvalue weighted by Gasteiger charge is -2.31. The number of nitrogens with one attached hydrogen (secondary N) is 1. The number of fused-ring (bicyclic) bond motifs is 1. The molecule has 0 saturated carbocycles. The average Bonchev–Trinajstić information content (AvgIpc) is 2.90. The van der Waals surface area contributed by atoms with Gasteiger partial charge < -0.3 is 24.4 Å². The van der Waals surface area contributed by atoms with Crippen molar-refractivity contribution in [1.82, 2.24) is 14.9 Å². The number of halogens is 4. The van der Waals surface area contributed by atoms with Crippen LogP contribution in [-0.4, -0.2) is 47.3 Å². The van der Waals surface area contributed by atoms with Crippen molar-refractivity contribution in [1.29, 1.82) is 0 Å². The Labute approximate surface area is 239 Å². The maximum Gasteiger partial charge on any atom is 0.417 e. The number of nitrogens with zero attached hydrogens (tertiary/aromatic N) is 3. The highest BCUT2D eigenvalue weighted by Crippen LogP contribution is 2.41. The van der Waals surface area contributed by atoms with E-state index in [0.717, 1.165) is 29.5 Å². The molecule has 1 aliphatic rings. The van der Waals surface area contributed by atoms with Crippen LogP contribution in [-0.2, 0) is 30.4 Å². The SMILES string of the molecule is COc1ccc(CNc2nc3c(c(Sc4ccc(F)cc4C(F)(F)F)n2)CCN(C(=O)OC(C)(C)C)C3)c(OC)c1. The van der Waals surface area contributed by atoms with E-state index in [0.29, 0.717) is 35.2 Å². The molecule has 2 aromatic carbocycles. The first-order chi connectivity index (χ1) is 19.3. The number of rotatable bonds is 7. The maximum absolute atomic E-state index is 13.8. The first kappa shape index (κ1) is 30.2. The van der Waals surface area contributed by atoms with Crippen molar-refractivity contribution in [2.24, 2.45) is 0 Å². The number of aromatic nitrogens is 2. The lowest BCUT2D eigenvalue weighted by atomic mass is 10.1. The monoisotopic (exact) mass is 594 g/mol. The van der Waals surface area contributed by atoms with Crippen molar-refractivity contribution in [3.63, 3.8) is 0 Å². The van der Waals surface area contributed by atoms with Gasteiger partial charge in [0, 0.05) is 35.2 Å². The van der Waals surface area contributed by atoms with E-state index in [2.05, 4.69) is 15.3 Å². The fourth-order valence-corrected chi connectivity index (χ4v) is 5.24. The Kier molecular flexibility index (Phi) is 8.86. The van der Waals surface area contributed by atoms with Gasteiger partial charge in [0.05, 0.1) is 32.0 Å². The molecule has 0 spiro atoms. The Morgan fingerprint density at radius 1 is 1.07 bits per heavy atom. The summed E-state index contributed by atoms with van der Waals surface area (Å²) in [4.78, 5) is 23.2. The number of benzene rings is 2. The van der Waals surface area contributed by atoms with Crippen molar-refractivity contribution in [2.75, 3.05) is 26.1 Å². The highest BCUT2D eigenvalue weighted by molar-refractivity contribution is 7.99. The molecule has 1 amide bonds. The number of hydrogen-bond donors (Lipinski definition) is 1. The number of ether oxygens (including phenoxy) is 3. The van der Waals surface area contributed by atoms with Crippen LogP contribution in [0.2, 0.25) is 0 Å². The summed E-state index contributed by atoms with van der Waals surface area (Å²) >= 11 is 0.779. The molecule has 0 saturated heterocycles. The molecule has 0 atom stereocenters. The number of alkyl halides is 3. The number of anilines is 1. The normalized spacial score (nSPS) is 13.4. The number of carbonyl (C=O) groups is 1. The molecule has 0 bridgehead atoms. The van der Waals surface area contributed by atoms with Crippen molar-refractivity contribution in [2.45, 2.75) is 62.0 Å². The van der Waals surface area contributed by atoms with Crippen LogP contribution in [0, 0.1) is 5.82 Å². The van der Waals surface area contributed by atoms with Gasteiger partial charge in [0.15, 0.2) is 0 Å². The Morgan fingerprint density at radius 3 is 2.49 bits per heavy atom. The summed E-state index contributed by atoms with van der Waals surface area (Å²) in [5.41, 5.74) is 0.0417. The second kappa shape index (κ2) is 12.0. The molecule has 4 rings (SSSR count). The molecule has 2 heterocycles. The Morgan fingerprint density at radius 2 is 1.83 bits per heavy atom. The summed E-state index contributed by atoms with van der Waals surface area (Å²) in [5, 5.41) is 3.39. The van der Waals surface area contributed by atoms with Crippen LogP contribution in [0.4, 0.5) is 28.3 Å². The highest BCUT2D eigenvalue weighted by Gasteiger charge is 2.35. The van der Waals surface area contributed by atoms with Crippen LogP contribution in [0.15, 0.2) is 46.3 Å². The maximum atomic E-state index is 13.8. The standard InChI is InChI=1S/C28H30F4N4O4S/c1-27(2,3)40-26(37)36-11-10-19-21(15-36)34-25(33-14-16-6-8-18(38-4)13-22(16)39-5)35-24(19)41-23-9-7-17(29)12-20(23)28(30,31)32/h6-9,12-13H,10-11,14-15H2,1-5H3,(H,33,34,35). The van der Waals surface area contributed by atoms with E-state index >= 15 is 0 Å². The van der Waals surface area contributed by atoms with Crippen LogP contribution in [0.1, 0.15) is 43.2 Å². The van der Waals surface area contributed by atoms with E-state index < -0.39 is 29.3 Å². The fraction of sp³-hybridized carbons (Fsp3) is 0.393. The number of amides is 1. The fourth-order valence-electron chi connectivity index (χ4n) is 4.13. The first-order valence-corrected chi connectivity index (χ1v) is 13.5. The predicted molar refractivity (Wildman–Crippen MR) is 145 cm³/mol. The minimum atomic E-state index is -4.77. The van der Waals surface area contributed by atoms with Crippen molar-refractivity contribution < 1.29 is 36.6 Å². The molecule has 0 unspecified atom stereocenters. The average molecular weight is 595 g/mol. The van der Waals surface area contributed by atoms with Crippen molar-refractivity contribution in [3.05, 3.63) is 64.6 Å². The predicted octanol–water partition coefficient (Wildman–Crippen LogP) is 6.71. The summed E-state index contributed by atoms with van der Waals surface area (Å²) in [7, 11) is 3.06. The van der Waals surface area contributed by atoms with Gasteiger partial charge in [0.1, 0.15) is 27.9 Å². The summed E-state index contributed by atoms with van der Waals surface area (Å²) in [6, 6.07) is 7.82. The highest BCUT2D eigenvalue weighted by atomic mass is 32.2. The van der Waals surface area contributed by atoms with Gasteiger partial charge in [0.25, 0.3) is 0 Å². The molecule has 220 valence electrons. The van der Waals surface area contributed by atoms with E-state index in [1.807, 2.05) is 0 Å². The third kappa shape index (κ3) is 7.51. The Hall–Kier alpha value is -3.74. The zero-order valence-electron chi connectivity index (χ0n) is 23.2. The topological polar surface area (TPSA) is 85.8 Å². The second-order valence-electron chi connectivity index (χ2n) is 10.2. The molecule has 1 N–H and O–H groups in total. The third-order valence-corrected chi connectivity index (χ3v) is 7.17. The van der Waals surface area contributed by atoms with Gasteiger partial charge in [-0.3, -0.25) is 0 Å². The molecule has 13 heteroatoms. The van der Waals surface area contributed by atoms with Crippen LogP contribution in [0.25, 0.3) is 0 Å². The first-order valence-electron chi connectivity index (χ1n) is 12.6. The molecule has 0 aliphatic carbocycles. The molecule has 8 nitrogen and oxygen atoms in total. The number of methoxy groups -OCH3 is 2. The molecule has 1 aliphatic heterocycles. The molecule has 0 fully saturated rings. The van der Waals surface area contributed by atoms with Crippen molar-refractivity contribution >= 4 is 23.8 Å². The summed E-state index contributed by atoms with van der Waals surface area (Å²) in [5.74, 6) is 0.318. The van der Waals surface area contributed by atoms with Gasteiger partial charge in [-0.1, -0.05) is 11.8 Å². The zero-order valence-corrected chi connectivity index (χ0v) is 24.0. The van der Waals surface area contributed by atoms with E-state index in [9.17, 15) is 22.4 Å². The van der Waals surface area contributed by atoms with Gasteiger partial charge in [0.2, 0.25) is 5.95 Å². The van der Waals surface area contributed by atoms with Crippen LogP contribution in [0.3, 0.4) is 0 Å². The summed E-state index contributed by atoms with van der Waals surface area (Å²) in [6.07, 6.45) is -4.99. The molecule has 1 aromatic heterocycles. The lowest BCUT2D eigenvalue weighted by Crippen LogP contribution is -2.40. The summed E-state index contributed by atoms with van der Waals surface area (Å²) in [6.45, 7) is 5.86. The van der Waals surface area contributed by atoms with E-state index in [4.69, 9.17) is 14.2 Å². The molecular formula is C28H30F4N4O4S. The molecule has 41 heavy (non-hydrogen) atoms. The summed E-state index contributed by atoms with van der Waals surface area (Å²) < 4.78 is 71.2. The quantitative estimate of drug-likeness (QED) is 0.239. The number of carbonyl (C=O) groups excluding carboxylic acids is 1. The van der Waals surface area contributed by atoms with E-state index in [1.54, 1.807) is 46.1 Å². The van der Waals surface area contributed by atoms with Gasteiger partial charge in [-0.05, 0) is 57.5 Å². The van der Waals surface area contributed by atoms with Gasteiger partial charge in [-0.15, -0.1) is 0 Å². The molecule has 3 aromatic rings. The zero-order chi connectivity index (χ0) is 29.9. The largest absolute Gasteiger partial charge is 0.497 e. The number of hydrogen-bond acceptors (Lipinski definition) is 8. The Balaban J connectivity index is 1.70. The van der Waals surface area contributed by atoms with Crippen LogP contribution in [0.5, 0.6) is 11.5 Å². The van der Waals surface area contributed by atoms with Crippen LogP contribution >= 0.6 is 11.8 Å². The van der Waals surface area contributed by atoms with Gasteiger partial charge in [-0.2, -0.15) is 13.2 Å².